The Hall–Kier alpha value is -3.39. The average Bonchev–Trinajstić information content (AvgIpc) is 3.28. The zero-order chi connectivity index (χ0) is 24.5. The predicted octanol–water partition coefficient (Wildman–Crippen LogP) is 3.27. The van der Waals surface area contributed by atoms with Gasteiger partial charge in [0.25, 0.3) is 0 Å². The van der Waals surface area contributed by atoms with Gasteiger partial charge in [-0.25, -0.2) is 0 Å². The molecule has 8 nitrogen and oxygen atoms in total. The minimum absolute atomic E-state index is 0.0116. The Morgan fingerprint density at radius 2 is 1.94 bits per heavy atom. The van der Waals surface area contributed by atoms with Gasteiger partial charge in [-0.3, -0.25) is 14.5 Å². The molecule has 0 radical (unpaired) electrons. The zero-order valence-corrected chi connectivity index (χ0v) is 21.0. The summed E-state index contributed by atoms with van der Waals surface area (Å²) < 4.78 is 2.11. The number of hydrogen-bond acceptors (Lipinski definition) is 6. The quantitative estimate of drug-likeness (QED) is 0.530. The van der Waals surface area contributed by atoms with Gasteiger partial charge in [0.1, 0.15) is 5.69 Å². The van der Waals surface area contributed by atoms with E-state index in [1.807, 2.05) is 23.4 Å². The zero-order valence-electron chi connectivity index (χ0n) is 21.0. The summed E-state index contributed by atoms with van der Waals surface area (Å²) in [5.74, 6) is -0.0116. The highest BCUT2D eigenvalue weighted by atomic mass is 16.2. The fraction of sp³-hybridized carbons (Fsp3) is 0.444. The summed E-state index contributed by atoms with van der Waals surface area (Å²) >= 11 is 0. The molecule has 184 valence electrons. The number of piperazine rings is 1. The molecule has 0 bridgehead atoms. The van der Waals surface area contributed by atoms with E-state index in [0.29, 0.717) is 6.54 Å². The summed E-state index contributed by atoms with van der Waals surface area (Å²) in [6.07, 6.45) is 7.09. The van der Waals surface area contributed by atoms with Crippen LogP contribution in [0.1, 0.15) is 18.9 Å². The lowest BCUT2D eigenvalue weighted by Gasteiger charge is -2.34. The molecule has 4 heterocycles. The van der Waals surface area contributed by atoms with E-state index in [4.69, 9.17) is 5.10 Å². The molecule has 2 aliphatic rings. The van der Waals surface area contributed by atoms with Crippen LogP contribution in [-0.2, 0) is 4.79 Å². The molecular weight excluding hydrogens is 438 g/mol. The minimum Gasteiger partial charge on any atom is -0.377 e. The van der Waals surface area contributed by atoms with Crippen molar-refractivity contribution in [1.29, 1.82) is 0 Å². The van der Waals surface area contributed by atoms with Crippen molar-refractivity contribution in [3.63, 3.8) is 0 Å². The Labute approximate surface area is 207 Å². The molecule has 1 atom stereocenters. The lowest BCUT2D eigenvalue weighted by atomic mass is 10.0. The monoisotopic (exact) mass is 473 g/mol. The molecule has 5 rings (SSSR count). The number of nitrogens with zero attached hydrogens (tertiary/aromatic N) is 7. The third-order valence-electron chi connectivity index (χ3n) is 7.32. The van der Waals surface area contributed by atoms with Crippen molar-refractivity contribution in [3.8, 4) is 11.3 Å². The van der Waals surface area contributed by atoms with Gasteiger partial charge in [0, 0.05) is 88.1 Å². The van der Waals surface area contributed by atoms with Crippen molar-refractivity contribution in [3.05, 3.63) is 49.3 Å². The summed E-state index contributed by atoms with van der Waals surface area (Å²) in [5, 5.41) is 6.20. The number of anilines is 2. The van der Waals surface area contributed by atoms with Crippen molar-refractivity contribution >= 4 is 28.2 Å². The lowest BCUT2D eigenvalue weighted by molar-refractivity contribution is -0.127. The predicted molar refractivity (Wildman–Crippen MR) is 142 cm³/mol. The van der Waals surface area contributed by atoms with E-state index in [1.54, 1.807) is 0 Å². The largest absolute Gasteiger partial charge is 0.377 e. The molecule has 0 saturated carbocycles. The molecule has 2 fully saturated rings. The number of rotatable bonds is 5. The maximum atomic E-state index is 12.3. The van der Waals surface area contributed by atoms with Crippen LogP contribution in [0.15, 0.2) is 49.3 Å². The van der Waals surface area contributed by atoms with Gasteiger partial charge in [-0.05, 0) is 50.2 Å². The van der Waals surface area contributed by atoms with Gasteiger partial charge in [-0.15, -0.1) is 0 Å². The molecule has 35 heavy (non-hydrogen) atoms. The van der Waals surface area contributed by atoms with Gasteiger partial charge in [0.2, 0.25) is 5.91 Å². The summed E-state index contributed by atoms with van der Waals surface area (Å²) in [4.78, 5) is 25.6. The highest BCUT2D eigenvalue weighted by Crippen LogP contribution is 2.38. The van der Waals surface area contributed by atoms with Crippen LogP contribution in [0.3, 0.4) is 0 Å². The number of aromatic nitrogens is 3. The van der Waals surface area contributed by atoms with E-state index >= 15 is 0 Å². The Morgan fingerprint density at radius 3 is 2.69 bits per heavy atom. The molecule has 3 aromatic rings. The number of benzene rings is 1. The van der Waals surface area contributed by atoms with Crippen LogP contribution in [0.25, 0.3) is 22.2 Å². The van der Waals surface area contributed by atoms with Gasteiger partial charge in [-0.1, -0.05) is 6.58 Å². The van der Waals surface area contributed by atoms with Gasteiger partial charge < -0.3 is 19.6 Å². The van der Waals surface area contributed by atoms with Crippen molar-refractivity contribution in [2.45, 2.75) is 18.9 Å². The summed E-state index contributed by atoms with van der Waals surface area (Å²) in [7, 11) is 6.36. The summed E-state index contributed by atoms with van der Waals surface area (Å²) in [5.41, 5.74) is 5.48. The van der Waals surface area contributed by atoms with Crippen molar-refractivity contribution in [2.75, 3.05) is 70.2 Å². The topological polar surface area (TPSA) is 60.7 Å². The van der Waals surface area contributed by atoms with Crippen LogP contribution >= 0.6 is 0 Å². The summed E-state index contributed by atoms with van der Waals surface area (Å²) in [6.45, 7) is 9.30. The Kier molecular flexibility index (Phi) is 6.47. The maximum Gasteiger partial charge on any atom is 0.246 e. The van der Waals surface area contributed by atoms with Gasteiger partial charge in [0.15, 0.2) is 0 Å². The minimum atomic E-state index is -0.0116. The van der Waals surface area contributed by atoms with Gasteiger partial charge >= 0.3 is 0 Å². The second-order valence-electron chi connectivity index (χ2n) is 9.86. The second-order valence-corrected chi connectivity index (χ2v) is 9.86. The molecule has 2 saturated heterocycles. The molecule has 0 aliphatic carbocycles. The number of pyridine rings is 1. The first-order chi connectivity index (χ1) is 17.0. The van der Waals surface area contributed by atoms with E-state index in [9.17, 15) is 4.79 Å². The van der Waals surface area contributed by atoms with E-state index in [1.165, 1.54) is 11.8 Å². The standard InChI is InChI=1S/C27H35N7O/c1-5-26(35)33-12-6-7-21(19-33)34-24-10-11-28-18-23(24)27(29-34)22-9-8-20(17-25(22)30(2)3)32-15-13-31(4)14-16-32/h5,8-11,17-18,21H,1,6-7,12-16,19H2,2-4H3/t21-/m1/s1. The Morgan fingerprint density at radius 1 is 1.14 bits per heavy atom. The molecule has 0 spiro atoms. The third-order valence-corrected chi connectivity index (χ3v) is 7.32. The van der Waals surface area contributed by atoms with Crippen LogP contribution < -0.4 is 9.80 Å². The number of fused-ring (bicyclic) bond motifs is 1. The van der Waals surface area contributed by atoms with Crippen LogP contribution in [0, 0.1) is 0 Å². The number of amides is 1. The third kappa shape index (κ3) is 4.50. The number of hydrogen-bond donors (Lipinski definition) is 0. The fourth-order valence-electron chi connectivity index (χ4n) is 5.30. The van der Waals surface area contributed by atoms with Crippen molar-refractivity contribution < 1.29 is 4.79 Å². The molecule has 8 heteroatoms. The molecule has 1 amide bonds. The normalized spacial score (nSPS) is 19.2. The van der Waals surface area contributed by atoms with Crippen LogP contribution in [0.2, 0.25) is 0 Å². The van der Waals surface area contributed by atoms with E-state index < -0.39 is 0 Å². The van der Waals surface area contributed by atoms with E-state index in [2.05, 4.69) is 70.3 Å². The average molecular weight is 474 g/mol. The molecule has 1 aromatic carbocycles. The SMILES string of the molecule is C=CC(=O)N1CCC[C@@H](n2nc(-c3ccc(N4CCN(C)CC4)cc3N(C)C)c3cnccc32)C1. The summed E-state index contributed by atoms with van der Waals surface area (Å²) in [6, 6.07) is 8.87. The van der Waals surface area contributed by atoms with Crippen molar-refractivity contribution in [2.24, 2.45) is 0 Å². The first-order valence-electron chi connectivity index (χ1n) is 12.4. The highest BCUT2D eigenvalue weighted by molar-refractivity contribution is 5.97. The number of carbonyl (C=O) groups is 1. The molecular formula is C27H35N7O. The highest BCUT2D eigenvalue weighted by Gasteiger charge is 2.27. The Balaban J connectivity index is 1.55. The lowest BCUT2D eigenvalue weighted by Crippen LogP contribution is -2.44. The Bertz CT molecular complexity index is 1230. The van der Waals surface area contributed by atoms with Crippen molar-refractivity contribution in [1.82, 2.24) is 24.6 Å². The number of likely N-dealkylation sites (N-methyl/N-ethyl adjacent to an activating group) is 1. The number of piperidine rings is 1. The maximum absolute atomic E-state index is 12.3. The van der Waals surface area contributed by atoms with E-state index in [-0.39, 0.29) is 11.9 Å². The van der Waals surface area contributed by atoms with Gasteiger partial charge in [-0.2, -0.15) is 5.10 Å². The van der Waals surface area contributed by atoms with Crippen LogP contribution in [0.4, 0.5) is 11.4 Å². The van der Waals surface area contributed by atoms with Crippen LogP contribution in [-0.4, -0.2) is 90.9 Å². The fourth-order valence-corrected chi connectivity index (χ4v) is 5.30. The smallest absolute Gasteiger partial charge is 0.246 e. The molecule has 2 aliphatic heterocycles. The molecule has 2 aromatic heterocycles. The van der Waals surface area contributed by atoms with E-state index in [0.717, 1.165) is 73.4 Å². The van der Waals surface area contributed by atoms with Gasteiger partial charge in [0.05, 0.1) is 11.6 Å². The number of likely N-dealkylation sites (tertiary alicyclic amines) is 1. The molecule has 0 N–H and O–H groups in total. The molecule has 0 unspecified atom stereocenters. The first kappa shape index (κ1) is 23.4. The van der Waals surface area contributed by atoms with Crippen LogP contribution in [0.5, 0.6) is 0 Å². The second kappa shape index (κ2) is 9.70. The first-order valence-corrected chi connectivity index (χ1v) is 12.4. The number of carbonyl (C=O) groups excluding carboxylic acids is 1.